The number of piperidine rings is 1. The van der Waals surface area contributed by atoms with Crippen molar-refractivity contribution >= 4 is 13.0 Å². The van der Waals surface area contributed by atoms with Gasteiger partial charge in [-0.15, -0.1) is 0 Å². The maximum Gasteiger partial charge on any atom is 0.468 e. The molecule has 3 atom stereocenters. The topological polar surface area (TPSA) is 63.3 Å². The zero-order chi connectivity index (χ0) is 25.8. The minimum Gasteiger partial charge on any atom is -0.403 e. The molecule has 0 radical (unpaired) electrons. The Balaban J connectivity index is 1.15. The molecular formula is C29H44BN3O4. The summed E-state index contributed by atoms with van der Waals surface area (Å²) in [6.07, 6.45) is 12.6. The SMILES string of the molecule is CC1(B2OC(C)(C)C(C)(C)O2)C=CC2=C(C1)N(C1CC(N3CC4CCC(C3)O4)C1)C(=O)C21CCNCC1. The van der Waals surface area contributed by atoms with E-state index in [0.717, 1.165) is 58.3 Å². The van der Waals surface area contributed by atoms with Crippen LogP contribution < -0.4 is 5.32 Å². The van der Waals surface area contributed by atoms with Gasteiger partial charge < -0.3 is 24.3 Å². The number of nitrogens with one attached hydrogen (secondary N) is 1. The van der Waals surface area contributed by atoms with E-state index in [4.69, 9.17) is 14.0 Å². The van der Waals surface area contributed by atoms with Gasteiger partial charge in [0.25, 0.3) is 0 Å². The number of hydrogen-bond acceptors (Lipinski definition) is 6. The highest BCUT2D eigenvalue weighted by atomic mass is 16.7. The average molecular weight is 510 g/mol. The van der Waals surface area contributed by atoms with Crippen LogP contribution in [0, 0.1) is 5.41 Å². The Bertz CT molecular complexity index is 1020. The van der Waals surface area contributed by atoms with Crippen molar-refractivity contribution in [2.24, 2.45) is 5.41 Å². The van der Waals surface area contributed by atoms with E-state index in [0.29, 0.717) is 30.2 Å². The summed E-state index contributed by atoms with van der Waals surface area (Å²) >= 11 is 0. The van der Waals surface area contributed by atoms with Crippen molar-refractivity contribution in [1.29, 1.82) is 0 Å². The first-order valence-corrected chi connectivity index (χ1v) is 14.7. The summed E-state index contributed by atoms with van der Waals surface area (Å²) in [5.74, 6) is 0.354. The second-order valence-electron chi connectivity index (χ2n) is 14.2. The highest BCUT2D eigenvalue weighted by Crippen LogP contribution is 2.58. The van der Waals surface area contributed by atoms with Crippen molar-refractivity contribution in [2.75, 3.05) is 26.2 Å². The van der Waals surface area contributed by atoms with E-state index in [1.54, 1.807) is 0 Å². The van der Waals surface area contributed by atoms with Crippen molar-refractivity contribution in [3.8, 4) is 0 Å². The molecule has 5 fully saturated rings. The van der Waals surface area contributed by atoms with E-state index < -0.39 is 0 Å². The molecule has 1 spiro atoms. The van der Waals surface area contributed by atoms with E-state index in [9.17, 15) is 4.79 Å². The molecule has 37 heavy (non-hydrogen) atoms. The van der Waals surface area contributed by atoms with Crippen molar-refractivity contribution in [1.82, 2.24) is 15.1 Å². The number of allylic oxidation sites excluding steroid dienone is 3. The number of rotatable bonds is 3. The number of hydrogen-bond donors (Lipinski definition) is 1. The summed E-state index contributed by atoms with van der Waals surface area (Å²) in [6.45, 7) is 14.7. The molecule has 2 aliphatic carbocycles. The molecular weight excluding hydrogens is 465 g/mol. The molecule has 0 aromatic rings. The quantitative estimate of drug-likeness (QED) is 0.586. The summed E-state index contributed by atoms with van der Waals surface area (Å²) in [5, 5.41) is 3.18. The largest absolute Gasteiger partial charge is 0.468 e. The molecule has 1 amide bonds. The third-order valence-corrected chi connectivity index (χ3v) is 11.2. The van der Waals surface area contributed by atoms with Crippen LogP contribution in [0.4, 0.5) is 0 Å². The second kappa shape index (κ2) is 8.17. The molecule has 2 bridgehead atoms. The fourth-order valence-corrected chi connectivity index (χ4v) is 8.01. The van der Waals surface area contributed by atoms with Gasteiger partial charge in [0.1, 0.15) is 0 Å². The molecule has 1 saturated carbocycles. The minimum absolute atomic E-state index is 0.298. The average Bonchev–Trinajstić information content (AvgIpc) is 3.36. The van der Waals surface area contributed by atoms with Gasteiger partial charge in [-0.25, -0.2) is 0 Å². The zero-order valence-electron chi connectivity index (χ0n) is 23.3. The summed E-state index contributed by atoms with van der Waals surface area (Å²) in [6, 6.07) is 0.873. The lowest BCUT2D eigenvalue weighted by Gasteiger charge is -2.50. The number of carbonyl (C=O) groups excluding carboxylic acids is 1. The van der Waals surface area contributed by atoms with Gasteiger partial charge in [-0.2, -0.15) is 0 Å². The molecule has 3 unspecified atom stereocenters. The van der Waals surface area contributed by atoms with Gasteiger partial charge in [0.2, 0.25) is 5.91 Å². The van der Waals surface area contributed by atoms with Gasteiger partial charge >= 0.3 is 7.12 Å². The highest BCUT2D eigenvalue weighted by Gasteiger charge is 2.62. The summed E-state index contributed by atoms with van der Waals surface area (Å²) < 4.78 is 19.2. The summed E-state index contributed by atoms with van der Waals surface area (Å²) in [5.41, 5.74) is 1.42. The highest BCUT2D eigenvalue weighted by molar-refractivity contribution is 6.50. The van der Waals surface area contributed by atoms with Gasteiger partial charge in [0.15, 0.2) is 0 Å². The van der Waals surface area contributed by atoms with Crippen molar-refractivity contribution in [3.63, 3.8) is 0 Å². The maximum atomic E-state index is 14.3. The third-order valence-electron chi connectivity index (χ3n) is 11.2. The van der Waals surface area contributed by atoms with E-state index >= 15 is 0 Å². The van der Waals surface area contributed by atoms with E-state index in [2.05, 4.69) is 61.9 Å². The van der Waals surface area contributed by atoms with E-state index in [-0.39, 0.29) is 29.0 Å². The lowest BCUT2D eigenvalue weighted by Crippen LogP contribution is -2.59. The minimum atomic E-state index is -0.372. The summed E-state index contributed by atoms with van der Waals surface area (Å²) in [4.78, 5) is 19.3. The normalized spacial score (nSPS) is 42.0. The fraction of sp³-hybridized carbons (Fsp3) is 0.828. The predicted molar refractivity (Wildman–Crippen MR) is 143 cm³/mol. The molecule has 7 aliphatic rings. The van der Waals surface area contributed by atoms with Crippen LogP contribution in [-0.4, -0.2) is 84.5 Å². The zero-order valence-corrected chi connectivity index (χ0v) is 23.3. The number of nitrogens with zero attached hydrogens (tertiary/aromatic N) is 2. The lowest BCUT2D eigenvalue weighted by atomic mass is 9.54. The Morgan fingerprint density at radius 2 is 1.57 bits per heavy atom. The molecule has 5 aliphatic heterocycles. The van der Waals surface area contributed by atoms with Crippen LogP contribution in [0.3, 0.4) is 0 Å². The molecule has 7 nitrogen and oxygen atoms in total. The molecule has 0 aromatic carbocycles. The Labute approximate surface area is 222 Å². The van der Waals surface area contributed by atoms with Crippen LogP contribution in [0.5, 0.6) is 0 Å². The van der Waals surface area contributed by atoms with Gasteiger partial charge in [-0.1, -0.05) is 19.1 Å². The number of carbonyl (C=O) groups is 1. The van der Waals surface area contributed by atoms with Crippen molar-refractivity contribution < 1.29 is 18.8 Å². The van der Waals surface area contributed by atoms with Gasteiger partial charge in [-0.3, -0.25) is 9.69 Å². The lowest BCUT2D eigenvalue weighted by molar-refractivity contribution is -0.142. The van der Waals surface area contributed by atoms with Gasteiger partial charge in [-0.05, 0) is 91.3 Å². The Hall–Kier alpha value is -1.19. The summed E-state index contributed by atoms with van der Waals surface area (Å²) in [7, 11) is -0.331. The monoisotopic (exact) mass is 509 g/mol. The molecule has 1 N–H and O–H groups in total. The number of amides is 1. The van der Waals surface area contributed by atoms with Crippen LogP contribution in [0.25, 0.3) is 0 Å². The molecule has 8 heteroatoms. The first kappa shape index (κ1) is 24.8. The fourth-order valence-electron chi connectivity index (χ4n) is 8.01. The Kier molecular flexibility index (Phi) is 5.48. The van der Waals surface area contributed by atoms with Gasteiger partial charge in [0.05, 0.1) is 28.8 Å². The maximum absolute atomic E-state index is 14.3. The first-order chi connectivity index (χ1) is 17.5. The van der Waals surface area contributed by atoms with E-state index in [1.165, 1.54) is 24.1 Å². The molecule has 4 saturated heterocycles. The molecule has 202 valence electrons. The molecule has 7 rings (SSSR count). The molecule has 5 heterocycles. The third kappa shape index (κ3) is 3.62. The van der Waals surface area contributed by atoms with Crippen LogP contribution in [0.1, 0.15) is 79.6 Å². The Morgan fingerprint density at radius 1 is 0.946 bits per heavy atom. The Morgan fingerprint density at radius 3 is 2.19 bits per heavy atom. The number of morpholine rings is 1. The smallest absolute Gasteiger partial charge is 0.403 e. The van der Waals surface area contributed by atoms with Crippen LogP contribution in [-0.2, 0) is 18.8 Å². The predicted octanol–water partition coefficient (Wildman–Crippen LogP) is 3.66. The number of fused-ring (bicyclic) bond motifs is 3. The van der Waals surface area contributed by atoms with Crippen molar-refractivity contribution in [2.45, 2.75) is 120 Å². The van der Waals surface area contributed by atoms with Gasteiger partial charge in [0, 0.05) is 36.2 Å². The van der Waals surface area contributed by atoms with Crippen LogP contribution in [0.2, 0.25) is 5.31 Å². The van der Waals surface area contributed by atoms with Crippen LogP contribution in [0.15, 0.2) is 23.4 Å². The van der Waals surface area contributed by atoms with Crippen LogP contribution >= 0.6 is 0 Å². The number of ether oxygens (including phenoxy) is 1. The first-order valence-electron chi connectivity index (χ1n) is 14.7. The van der Waals surface area contributed by atoms with Crippen molar-refractivity contribution in [3.05, 3.63) is 23.4 Å². The molecule has 0 aromatic heterocycles. The number of likely N-dealkylation sites (tertiary alicyclic amines) is 1. The second-order valence-corrected chi connectivity index (χ2v) is 14.2. The standard InChI is InChI=1S/C29H44BN3O4/c1-26(2)27(3,4)37-30(36-26)28(5)9-8-23-24(16-28)33(25(34)29(23)10-12-31-13-11-29)20-14-19(15-20)32-17-21-6-7-22(18-32)35-21/h8-9,19-22,31H,6-7,10-18H2,1-5H3. The van der Waals surface area contributed by atoms with E-state index in [1.807, 2.05) is 0 Å².